The van der Waals surface area contributed by atoms with Gasteiger partial charge in [0.1, 0.15) is 5.75 Å². The molecule has 2 aromatic carbocycles. The summed E-state index contributed by atoms with van der Waals surface area (Å²) in [7, 11) is -3.34. The molecule has 0 saturated heterocycles. The maximum absolute atomic E-state index is 12.9. The van der Waals surface area contributed by atoms with Crippen LogP contribution in [-0.2, 0) is 20.0 Å². The molecule has 0 spiro atoms. The number of benzene rings is 2. The summed E-state index contributed by atoms with van der Waals surface area (Å²) in [5.41, 5.74) is 1.95. The van der Waals surface area contributed by atoms with Gasteiger partial charge in [-0.1, -0.05) is 35.9 Å². The number of hydrogen-bond acceptors (Lipinski definition) is 6. The van der Waals surface area contributed by atoms with Crippen molar-refractivity contribution in [1.82, 2.24) is 5.32 Å². The topological polar surface area (TPSA) is 77.0 Å². The van der Waals surface area contributed by atoms with Gasteiger partial charge in [-0.05, 0) is 76.4 Å². The average molecular weight is 484 g/mol. The van der Waals surface area contributed by atoms with Crippen LogP contribution in [0.5, 0.6) is 5.75 Å². The first-order valence-electron chi connectivity index (χ1n) is 10.9. The predicted molar refractivity (Wildman–Crippen MR) is 130 cm³/mol. The Kier molecular flexibility index (Phi) is 10.7. The molecule has 0 aromatic heterocycles. The largest absolute Gasteiger partial charge is 0.481 e. The molecule has 0 fully saturated rings. The lowest BCUT2D eigenvalue weighted by molar-refractivity contribution is 0.129. The predicted octanol–water partition coefficient (Wildman–Crippen LogP) is 5.97. The number of halogens is 1. The van der Waals surface area contributed by atoms with Gasteiger partial charge in [-0.3, -0.25) is 4.57 Å². The number of hydrogen-bond donors (Lipinski definition) is 2. The van der Waals surface area contributed by atoms with E-state index in [2.05, 4.69) is 12.2 Å². The first-order chi connectivity index (χ1) is 15.1. The quantitative estimate of drug-likeness (QED) is 0.341. The fourth-order valence-electron chi connectivity index (χ4n) is 3.14. The zero-order valence-electron chi connectivity index (χ0n) is 19.5. The van der Waals surface area contributed by atoms with Crippen LogP contribution < -0.4 is 10.1 Å². The van der Waals surface area contributed by atoms with E-state index in [0.29, 0.717) is 17.3 Å². The second kappa shape index (κ2) is 12.7. The van der Waals surface area contributed by atoms with Crippen LogP contribution in [-0.4, -0.2) is 36.2 Å². The van der Waals surface area contributed by atoms with E-state index in [1.54, 1.807) is 12.1 Å². The van der Waals surface area contributed by atoms with Gasteiger partial charge in [-0.2, -0.15) is 0 Å². The Morgan fingerprint density at radius 3 is 2.03 bits per heavy atom. The summed E-state index contributed by atoms with van der Waals surface area (Å²) in [6, 6.07) is 15.0. The van der Waals surface area contributed by atoms with E-state index in [1.807, 2.05) is 64.1 Å². The molecule has 0 saturated carbocycles. The van der Waals surface area contributed by atoms with Crippen LogP contribution in [0.1, 0.15) is 51.8 Å². The van der Waals surface area contributed by atoms with Gasteiger partial charge in [-0.25, -0.2) is 0 Å². The van der Waals surface area contributed by atoms with Crippen LogP contribution in [0, 0.1) is 0 Å². The standard InChI is InChI=1S/C24H35ClNO5P/c1-17(2)30-32(28,31-18(3)4)16-29-23-12-6-20(7-13-23)14-19(5)26-15-24(27)21-8-10-22(25)11-9-21/h6-13,17-19,24,26-27H,14-16H2,1-5H3. The molecular formula is C24H35ClNO5P. The Hall–Kier alpha value is -1.40. The smallest absolute Gasteiger partial charge is 0.368 e. The summed E-state index contributed by atoms with van der Waals surface area (Å²) >= 11 is 5.89. The average Bonchev–Trinajstić information content (AvgIpc) is 2.71. The van der Waals surface area contributed by atoms with Crippen molar-refractivity contribution in [1.29, 1.82) is 0 Å². The number of aliphatic hydroxyl groups excluding tert-OH is 1. The maximum Gasteiger partial charge on any atom is 0.368 e. The van der Waals surface area contributed by atoms with Gasteiger partial charge in [0.25, 0.3) is 0 Å². The Bertz CT molecular complexity index is 844. The Morgan fingerprint density at radius 2 is 1.50 bits per heavy atom. The van der Waals surface area contributed by atoms with E-state index in [1.165, 1.54) is 0 Å². The van der Waals surface area contributed by atoms with E-state index in [-0.39, 0.29) is 24.6 Å². The molecule has 0 aliphatic rings. The molecule has 2 aromatic rings. The number of rotatable bonds is 13. The maximum atomic E-state index is 12.9. The van der Waals surface area contributed by atoms with Gasteiger partial charge in [-0.15, -0.1) is 0 Å². The zero-order valence-corrected chi connectivity index (χ0v) is 21.1. The third-order valence-corrected chi connectivity index (χ3v) is 6.69. The van der Waals surface area contributed by atoms with E-state index in [0.717, 1.165) is 17.5 Å². The summed E-state index contributed by atoms with van der Waals surface area (Å²) in [5.74, 6) is 0.604. The molecule has 2 atom stereocenters. The van der Waals surface area contributed by atoms with E-state index < -0.39 is 13.7 Å². The third kappa shape index (κ3) is 9.62. The molecule has 0 heterocycles. The minimum absolute atomic E-state index is 0.136. The van der Waals surface area contributed by atoms with Crippen LogP contribution in [0.15, 0.2) is 48.5 Å². The molecule has 0 aliphatic carbocycles. The zero-order chi connectivity index (χ0) is 23.7. The molecule has 0 amide bonds. The second-order valence-corrected chi connectivity index (χ2v) is 10.8. The van der Waals surface area contributed by atoms with Crippen molar-refractivity contribution in [2.75, 3.05) is 12.9 Å². The molecule has 2 N–H and O–H groups in total. The van der Waals surface area contributed by atoms with Gasteiger partial charge in [0, 0.05) is 17.6 Å². The van der Waals surface area contributed by atoms with Gasteiger partial charge in [0.05, 0.1) is 18.3 Å². The monoisotopic (exact) mass is 483 g/mol. The Labute approximate surface area is 196 Å². The van der Waals surface area contributed by atoms with Crippen molar-refractivity contribution in [3.63, 3.8) is 0 Å². The second-order valence-electron chi connectivity index (χ2n) is 8.42. The van der Waals surface area contributed by atoms with Gasteiger partial charge < -0.3 is 24.2 Å². The van der Waals surface area contributed by atoms with Crippen LogP contribution in [0.3, 0.4) is 0 Å². The Balaban J connectivity index is 1.83. The van der Waals surface area contributed by atoms with Crippen LogP contribution in [0.25, 0.3) is 0 Å². The minimum atomic E-state index is -3.34. The lowest BCUT2D eigenvalue weighted by atomic mass is 10.1. The van der Waals surface area contributed by atoms with Crippen molar-refractivity contribution in [2.24, 2.45) is 0 Å². The minimum Gasteiger partial charge on any atom is -0.481 e. The van der Waals surface area contributed by atoms with Crippen LogP contribution in [0.4, 0.5) is 0 Å². The van der Waals surface area contributed by atoms with E-state index in [9.17, 15) is 9.67 Å². The van der Waals surface area contributed by atoms with Crippen LogP contribution >= 0.6 is 19.2 Å². The first kappa shape index (κ1) is 26.8. The molecule has 0 aliphatic heterocycles. The van der Waals surface area contributed by atoms with Gasteiger partial charge in [0.2, 0.25) is 0 Å². The number of ether oxygens (including phenoxy) is 1. The molecule has 2 unspecified atom stereocenters. The number of aliphatic hydroxyl groups is 1. The number of nitrogens with one attached hydrogen (secondary N) is 1. The molecule has 32 heavy (non-hydrogen) atoms. The summed E-state index contributed by atoms with van der Waals surface area (Å²) in [6.07, 6.45) is -0.389. The first-order valence-corrected chi connectivity index (χ1v) is 13.0. The highest BCUT2D eigenvalue weighted by Gasteiger charge is 2.29. The molecule has 0 bridgehead atoms. The lowest BCUT2D eigenvalue weighted by Crippen LogP contribution is -2.32. The Morgan fingerprint density at radius 1 is 0.938 bits per heavy atom. The summed E-state index contributed by atoms with van der Waals surface area (Å²) in [4.78, 5) is 0. The fraction of sp³-hybridized carbons (Fsp3) is 0.500. The summed E-state index contributed by atoms with van der Waals surface area (Å²) in [6.45, 7) is 9.78. The van der Waals surface area contributed by atoms with Crippen molar-refractivity contribution in [3.8, 4) is 5.75 Å². The highest BCUT2D eigenvalue weighted by molar-refractivity contribution is 7.53. The fourth-order valence-corrected chi connectivity index (χ4v) is 5.03. The van der Waals surface area contributed by atoms with Crippen molar-refractivity contribution >= 4 is 19.2 Å². The van der Waals surface area contributed by atoms with Gasteiger partial charge >= 0.3 is 7.60 Å². The SMILES string of the molecule is CC(Cc1ccc(OCP(=O)(OC(C)C)OC(C)C)cc1)NCC(O)c1ccc(Cl)cc1. The third-order valence-electron chi connectivity index (χ3n) is 4.51. The normalized spacial score (nSPS) is 14.0. The van der Waals surface area contributed by atoms with E-state index in [4.69, 9.17) is 25.4 Å². The van der Waals surface area contributed by atoms with Crippen molar-refractivity contribution in [2.45, 2.75) is 65.4 Å². The van der Waals surface area contributed by atoms with Crippen molar-refractivity contribution < 1.29 is 23.5 Å². The summed E-state index contributed by atoms with van der Waals surface area (Å²) < 4.78 is 29.6. The molecular weight excluding hydrogens is 449 g/mol. The molecule has 2 rings (SSSR count). The molecule has 178 valence electrons. The van der Waals surface area contributed by atoms with Gasteiger partial charge in [0.15, 0.2) is 6.35 Å². The molecule has 6 nitrogen and oxygen atoms in total. The summed E-state index contributed by atoms with van der Waals surface area (Å²) in [5, 5.41) is 14.3. The highest BCUT2D eigenvalue weighted by Crippen LogP contribution is 2.50. The van der Waals surface area contributed by atoms with Crippen LogP contribution in [0.2, 0.25) is 5.02 Å². The molecule has 8 heteroatoms. The highest BCUT2D eigenvalue weighted by atomic mass is 35.5. The molecule has 0 radical (unpaired) electrons. The van der Waals surface area contributed by atoms with E-state index >= 15 is 0 Å². The van der Waals surface area contributed by atoms with Crippen molar-refractivity contribution in [3.05, 3.63) is 64.7 Å². The lowest BCUT2D eigenvalue weighted by Gasteiger charge is -2.23.